The summed E-state index contributed by atoms with van der Waals surface area (Å²) in [5.74, 6) is 0.853. The summed E-state index contributed by atoms with van der Waals surface area (Å²) >= 11 is 0. The van der Waals surface area contributed by atoms with Crippen LogP contribution in [0.2, 0.25) is 0 Å². The van der Waals surface area contributed by atoms with Crippen LogP contribution in [0.5, 0.6) is 5.75 Å². The van der Waals surface area contributed by atoms with Crippen LogP contribution in [0.25, 0.3) is 5.65 Å². The molecule has 0 bridgehead atoms. The van der Waals surface area contributed by atoms with Gasteiger partial charge >= 0.3 is 0 Å². The predicted molar refractivity (Wildman–Crippen MR) is 52.4 cm³/mol. The van der Waals surface area contributed by atoms with E-state index in [0.29, 0.717) is 11.4 Å². The van der Waals surface area contributed by atoms with Crippen LogP contribution in [0.4, 0.5) is 5.82 Å². The maximum absolute atomic E-state index is 11.4. The van der Waals surface area contributed by atoms with Gasteiger partial charge in [-0.1, -0.05) is 0 Å². The van der Waals surface area contributed by atoms with Gasteiger partial charge in [0.05, 0.1) is 7.11 Å². The highest BCUT2D eigenvalue weighted by Gasteiger charge is 2.00. The van der Waals surface area contributed by atoms with Gasteiger partial charge in [-0.25, -0.2) is 4.98 Å². The molecule has 0 saturated carbocycles. The first kappa shape index (κ1) is 8.55. The van der Waals surface area contributed by atoms with E-state index in [4.69, 9.17) is 10.5 Å². The Labute approximate surface area is 79.8 Å². The molecule has 2 N–H and O–H groups in total. The molecule has 0 aliphatic rings. The third-order valence-electron chi connectivity index (χ3n) is 1.89. The van der Waals surface area contributed by atoms with Crippen molar-refractivity contribution in [2.45, 2.75) is 0 Å². The summed E-state index contributed by atoms with van der Waals surface area (Å²) in [6.07, 6.45) is 1.60. The zero-order chi connectivity index (χ0) is 10.1. The number of hydrogen-bond donors (Lipinski definition) is 1. The molecule has 5 nitrogen and oxygen atoms in total. The molecule has 5 heteroatoms. The zero-order valence-electron chi connectivity index (χ0n) is 7.60. The number of rotatable bonds is 1. The first-order valence-electron chi connectivity index (χ1n) is 4.03. The number of anilines is 1. The highest BCUT2D eigenvalue weighted by Crippen LogP contribution is 2.11. The number of ether oxygens (including phenoxy) is 1. The Kier molecular flexibility index (Phi) is 1.85. The minimum absolute atomic E-state index is 0.199. The molecule has 2 aromatic heterocycles. The lowest BCUT2D eigenvalue weighted by molar-refractivity contribution is 0.414. The molecular weight excluding hydrogens is 182 g/mol. The molecule has 0 aliphatic heterocycles. The third kappa shape index (κ3) is 1.28. The molecule has 0 unspecified atom stereocenters. The average molecular weight is 191 g/mol. The van der Waals surface area contributed by atoms with Crippen molar-refractivity contribution < 1.29 is 4.74 Å². The van der Waals surface area contributed by atoms with Gasteiger partial charge in [-0.05, 0) is 6.07 Å². The second-order valence-corrected chi connectivity index (χ2v) is 2.81. The van der Waals surface area contributed by atoms with E-state index >= 15 is 0 Å². The Morgan fingerprint density at radius 1 is 1.50 bits per heavy atom. The van der Waals surface area contributed by atoms with E-state index in [2.05, 4.69) is 4.98 Å². The van der Waals surface area contributed by atoms with E-state index in [1.807, 2.05) is 0 Å². The van der Waals surface area contributed by atoms with Crippen LogP contribution in [-0.4, -0.2) is 16.5 Å². The molecule has 0 atom stereocenters. The van der Waals surface area contributed by atoms with Gasteiger partial charge in [0.2, 0.25) is 0 Å². The van der Waals surface area contributed by atoms with Crippen LogP contribution < -0.4 is 16.0 Å². The molecule has 72 valence electrons. The van der Waals surface area contributed by atoms with Crippen LogP contribution in [0.1, 0.15) is 0 Å². The van der Waals surface area contributed by atoms with Crippen LogP contribution in [-0.2, 0) is 0 Å². The SMILES string of the molecule is COc1ccn2c(=O)cc(N)nc2c1. The van der Waals surface area contributed by atoms with Crippen molar-refractivity contribution in [2.75, 3.05) is 12.8 Å². The first-order valence-corrected chi connectivity index (χ1v) is 4.03. The summed E-state index contributed by atoms with van der Waals surface area (Å²) in [4.78, 5) is 15.4. The Morgan fingerprint density at radius 2 is 2.29 bits per heavy atom. The standard InChI is InChI=1S/C9H9N3O2/c1-14-6-2-3-12-8(4-6)11-7(10)5-9(12)13/h2-5H,10H2,1H3. The smallest absolute Gasteiger partial charge is 0.259 e. The summed E-state index contributed by atoms with van der Waals surface area (Å²) in [6.45, 7) is 0. The molecule has 0 fully saturated rings. The summed E-state index contributed by atoms with van der Waals surface area (Å²) < 4.78 is 6.41. The van der Waals surface area contributed by atoms with E-state index in [-0.39, 0.29) is 11.4 Å². The monoisotopic (exact) mass is 191 g/mol. The number of nitrogens with zero attached hydrogens (tertiary/aromatic N) is 2. The maximum Gasteiger partial charge on any atom is 0.259 e. The lowest BCUT2D eigenvalue weighted by Gasteiger charge is -2.03. The molecule has 0 spiro atoms. The number of fused-ring (bicyclic) bond motifs is 1. The number of nitrogen functional groups attached to an aromatic ring is 1. The zero-order valence-corrected chi connectivity index (χ0v) is 7.60. The predicted octanol–water partition coefficient (Wildman–Crippen LogP) is 0.285. The van der Waals surface area contributed by atoms with Crippen LogP contribution in [0.15, 0.2) is 29.2 Å². The second-order valence-electron chi connectivity index (χ2n) is 2.81. The average Bonchev–Trinajstić information content (AvgIpc) is 2.16. The van der Waals surface area contributed by atoms with Crippen molar-refractivity contribution in [3.05, 3.63) is 34.7 Å². The number of pyridine rings is 1. The Balaban J connectivity index is 2.82. The fourth-order valence-corrected chi connectivity index (χ4v) is 1.23. The van der Waals surface area contributed by atoms with Gasteiger partial charge in [0.15, 0.2) is 0 Å². The van der Waals surface area contributed by atoms with Crippen molar-refractivity contribution >= 4 is 11.5 Å². The molecule has 0 aromatic carbocycles. The Bertz CT molecular complexity index is 533. The van der Waals surface area contributed by atoms with Gasteiger partial charge in [-0.3, -0.25) is 9.20 Å². The van der Waals surface area contributed by atoms with Gasteiger partial charge in [-0.15, -0.1) is 0 Å². The first-order chi connectivity index (χ1) is 6.70. The normalized spacial score (nSPS) is 10.4. The van der Waals surface area contributed by atoms with E-state index in [1.165, 1.54) is 10.5 Å². The lowest BCUT2D eigenvalue weighted by Crippen LogP contribution is -2.14. The summed E-state index contributed by atoms with van der Waals surface area (Å²) in [6, 6.07) is 4.61. The fourth-order valence-electron chi connectivity index (χ4n) is 1.23. The molecule has 0 saturated heterocycles. The number of hydrogen-bond acceptors (Lipinski definition) is 4. The summed E-state index contributed by atoms with van der Waals surface area (Å²) in [7, 11) is 1.55. The van der Waals surface area contributed by atoms with Gasteiger partial charge < -0.3 is 10.5 Å². The van der Waals surface area contributed by atoms with E-state index < -0.39 is 0 Å². The third-order valence-corrected chi connectivity index (χ3v) is 1.89. The minimum Gasteiger partial charge on any atom is -0.497 e. The van der Waals surface area contributed by atoms with Crippen molar-refractivity contribution in [3.63, 3.8) is 0 Å². The molecule has 0 aliphatic carbocycles. The van der Waals surface area contributed by atoms with Crippen molar-refractivity contribution in [1.82, 2.24) is 9.38 Å². The topological polar surface area (TPSA) is 69.6 Å². The van der Waals surface area contributed by atoms with E-state index in [9.17, 15) is 4.79 Å². The number of nitrogens with two attached hydrogens (primary N) is 1. The molecular formula is C9H9N3O2. The molecule has 2 heterocycles. The number of methoxy groups -OCH3 is 1. The van der Waals surface area contributed by atoms with Crippen LogP contribution >= 0.6 is 0 Å². The van der Waals surface area contributed by atoms with Crippen molar-refractivity contribution in [2.24, 2.45) is 0 Å². The second kappa shape index (κ2) is 3.02. The Hall–Kier alpha value is -2.04. The maximum atomic E-state index is 11.4. The molecule has 0 radical (unpaired) electrons. The van der Waals surface area contributed by atoms with Gasteiger partial charge in [0.25, 0.3) is 5.56 Å². The highest BCUT2D eigenvalue weighted by atomic mass is 16.5. The van der Waals surface area contributed by atoms with E-state index in [1.54, 1.807) is 25.4 Å². The minimum atomic E-state index is -0.199. The van der Waals surface area contributed by atoms with Gasteiger partial charge in [-0.2, -0.15) is 0 Å². The molecule has 0 amide bonds. The number of aromatic nitrogens is 2. The van der Waals surface area contributed by atoms with Crippen molar-refractivity contribution in [1.29, 1.82) is 0 Å². The van der Waals surface area contributed by atoms with Gasteiger partial charge in [0, 0.05) is 18.3 Å². The fraction of sp³-hybridized carbons (Fsp3) is 0.111. The van der Waals surface area contributed by atoms with E-state index in [0.717, 1.165) is 0 Å². The van der Waals surface area contributed by atoms with Crippen molar-refractivity contribution in [3.8, 4) is 5.75 Å². The summed E-state index contributed by atoms with van der Waals surface area (Å²) in [5, 5.41) is 0. The lowest BCUT2D eigenvalue weighted by atomic mass is 10.4. The quantitative estimate of drug-likeness (QED) is 0.703. The molecule has 2 rings (SSSR count). The largest absolute Gasteiger partial charge is 0.497 e. The Morgan fingerprint density at radius 3 is 3.00 bits per heavy atom. The van der Waals surface area contributed by atoms with Gasteiger partial charge in [0.1, 0.15) is 17.2 Å². The highest BCUT2D eigenvalue weighted by molar-refractivity contribution is 5.48. The van der Waals surface area contributed by atoms with Crippen LogP contribution in [0.3, 0.4) is 0 Å². The molecule has 14 heavy (non-hydrogen) atoms. The van der Waals surface area contributed by atoms with Crippen LogP contribution in [0, 0.1) is 0 Å². The summed E-state index contributed by atoms with van der Waals surface area (Å²) in [5.41, 5.74) is 5.73. The molecule has 2 aromatic rings.